The predicted molar refractivity (Wildman–Crippen MR) is 131 cm³/mol. The maximum atomic E-state index is 12.8. The molecule has 0 saturated carbocycles. The normalized spacial score (nSPS) is 31.7. The topological polar surface area (TPSA) is 168 Å². The van der Waals surface area contributed by atoms with Gasteiger partial charge in [-0.1, -0.05) is 12.5 Å². The second-order valence-electron chi connectivity index (χ2n) is 9.33. The Hall–Kier alpha value is -1.95. The van der Waals surface area contributed by atoms with Gasteiger partial charge in [-0.25, -0.2) is 4.98 Å². The number of carbonyl (C=O) groups excluding carboxylic acids is 2. The van der Waals surface area contributed by atoms with E-state index in [-0.39, 0.29) is 37.4 Å². The Balaban J connectivity index is 2.35. The summed E-state index contributed by atoms with van der Waals surface area (Å²) in [5.74, 6) is -6.65. The van der Waals surface area contributed by atoms with Gasteiger partial charge in [-0.3, -0.25) is 9.59 Å². The number of thiazole rings is 1. The minimum atomic E-state index is -3.26. The Labute approximate surface area is 209 Å². The number of hydrogen-bond donors (Lipinski definition) is 6. The lowest BCUT2D eigenvalue weighted by Gasteiger charge is -2.32. The molecule has 0 unspecified atom stereocenters. The average molecular weight is 512 g/mol. The molecule has 5 atom stereocenters. The molecule has 1 heterocycles. The van der Waals surface area contributed by atoms with Crippen LogP contribution < -0.4 is 0 Å². The zero-order chi connectivity index (χ0) is 26.3. The fourth-order valence-corrected chi connectivity index (χ4v) is 4.84. The van der Waals surface area contributed by atoms with Crippen LogP contribution in [0.3, 0.4) is 0 Å². The zero-order valence-corrected chi connectivity index (χ0v) is 21.2. The van der Waals surface area contributed by atoms with Crippen LogP contribution in [0.15, 0.2) is 22.8 Å². The highest BCUT2D eigenvalue weighted by Gasteiger charge is 2.47. The number of carbonyl (C=O) groups is 2. The van der Waals surface area contributed by atoms with Gasteiger partial charge in [0.05, 0.1) is 34.6 Å². The van der Waals surface area contributed by atoms with Gasteiger partial charge in [-0.2, -0.15) is 0 Å². The first kappa shape index (κ1) is 29.3. The van der Waals surface area contributed by atoms with E-state index in [0.29, 0.717) is 12.8 Å². The van der Waals surface area contributed by atoms with Crippen LogP contribution in [0, 0.1) is 18.8 Å². The minimum absolute atomic E-state index is 0.0199. The van der Waals surface area contributed by atoms with E-state index in [0.717, 1.165) is 16.3 Å². The number of aromatic nitrogens is 1. The molecule has 6 N–H and O–H groups in total. The number of aryl methyl sites for hydroxylation is 1. The summed E-state index contributed by atoms with van der Waals surface area (Å²) in [5.41, 5.74) is 1.56. The smallest absolute Gasteiger partial charge is 0.251 e. The van der Waals surface area contributed by atoms with E-state index in [1.807, 2.05) is 25.3 Å². The van der Waals surface area contributed by atoms with Crippen molar-refractivity contribution < 1.29 is 40.2 Å². The van der Waals surface area contributed by atoms with Gasteiger partial charge in [-0.05, 0) is 57.6 Å². The van der Waals surface area contributed by atoms with E-state index in [9.17, 15) is 40.2 Å². The first-order chi connectivity index (χ1) is 16.4. The monoisotopic (exact) mass is 511 g/mol. The van der Waals surface area contributed by atoms with Crippen molar-refractivity contribution in [2.45, 2.75) is 89.8 Å². The van der Waals surface area contributed by atoms with Crippen molar-refractivity contribution in [3.63, 3.8) is 0 Å². The summed E-state index contributed by atoms with van der Waals surface area (Å²) in [7, 11) is 0. The summed E-state index contributed by atoms with van der Waals surface area (Å²) in [4.78, 5) is 30.0. The van der Waals surface area contributed by atoms with E-state index >= 15 is 0 Å². The van der Waals surface area contributed by atoms with Gasteiger partial charge in [0.15, 0.2) is 5.78 Å². The van der Waals surface area contributed by atoms with Crippen molar-refractivity contribution in [1.29, 1.82) is 0 Å². The highest BCUT2D eigenvalue weighted by molar-refractivity contribution is 7.09. The van der Waals surface area contributed by atoms with E-state index in [1.165, 1.54) is 18.3 Å². The van der Waals surface area contributed by atoms with Crippen LogP contribution in [0.4, 0.5) is 0 Å². The van der Waals surface area contributed by atoms with Crippen LogP contribution in [-0.4, -0.2) is 71.3 Å². The third-order valence-corrected chi connectivity index (χ3v) is 7.32. The van der Waals surface area contributed by atoms with Crippen molar-refractivity contribution >= 4 is 29.0 Å². The van der Waals surface area contributed by atoms with Gasteiger partial charge >= 0.3 is 0 Å². The highest BCUT2D eigenvalue weighted by atomic mass is 32.1. The van der Waals surface area contributed by atoms with Gasteiger partial charge in [0.25, 0.3) is 5.79 Å². The lowest BCUT2D eigenvalue weighted by molar-refractivity contribution is -0.227. The van der Waals surface area contributed by atoms with Crippen molar-refractivity contribution in [2.75, 3.05) is 0 Å². The Morgan fingerprint density at radius 2 is 1.91 bits per heavy atom. The Bertz CT molecular complexity index is 938. The SMILES string of the molecule is CC[C@H]1C(=O)C(O)(O)[C@@H](O)CC(=O)C[C@H](/C(C)=C/c2csc(C)n2)C/C=C(/O)CCC[C@H](O)[C@H]1O. The molecule has 0 aromatic carbocycles. The molecule has 0 bridgehead atoms. The van der Waals surface area contributed by atoms with Gasteiger partial charge < -0.3 is 30.6 Å². The van der Waals surface area contributed by atoms with Gasteiger partial charge in [0.2, 0.25) is 0 Å². The number of ketones is 2. The number of nitrogens with zero attached hydrogens (tertiary/aromatic N) is 1. The molecule has 1 aromatic heterocycles. The molecule has 0 spiro atoms. The second-order valence-corrected chi connectivity index (χ2v) is 10.4. The van der Waals surface area contributed by atoms with E-state index in [2.05, 4.69) is 4.98 Å². The maximum absolute atomic E-state index is 12.8. The van der Waals surface area contributed by atoms with Crippen LogP contribution in [0.1, 0.15) is 69.5 Å². The van der Waals surface area contributed by atoms with Crippen molar-refractivity contribution in [2.24, 2.45) is 11.8 Å². The molecule has 1 aliphatic rings. The molecular formula is C25H37NO8S. The van der Waals surface area contributed by atoms with Crippen LogP contribution in [0.25, 0.3) is 6.08 Å². The first-order valence-corrected chi connectivity index (χ1v) is 12.8. The van der Waals surface area contributed by atoms with Crippen molar-refractivity contribution in [3.8, 4) is 0 Å². The number of rotatable bonds is 3. The second kappa shape index (κ2) is 12.8. The van der Waals surface area contributed by atoms with Crippen LogP contribution in [0.2, 0.25) is 0 Å². The van der Waals surface area contributed by atoms with Gasteiger partial charge in [0.1, 0.15) is 11.9 Å². The van der Waals surface area contributed by atoms with Crippen molar-refractivity contribution in [1.82, 2.24) is 4.98 Å². The zero-order valence-electron chi connectivity index (χ0n) is 20.4. The molecule has 10 heteroatoms. The summed E-state index contributed by atoms with van der Waals surface area (Å²) >= 11 is 1.49. The lowest BCUT2D eigenvalue weighted by Crippen LogP contribution is -2.55. The van der Waals surface area contributed by atoms with Crippen LogP contribution in [0.5, 0.6) is 0 Å². The molecule has 9 nitrogen and oxygen atoms in total. The molecule has 0 radical (unpaired) electrons. The maximum Gasteiger partial charge on any atom is 0.251 e. The molecule has 1 aromatic rings. The summed E-state index contributed by atoms with van der Waals surface area (Å²) in [6.07, 6.45) is -1.46. The summed E-state index contributed by atoms with van der Waals surface area (Å²) in [5, 5.41) is 65.1. The molecule has 0 fully saturated rings. The molecular weight excluding hydrogens is 474 g/mol. The molecule has 0 saturated heterocycles. The first-order valence-electron chi connectivity index (χ1n) is 11.9. The number of aliphatic hydroxyl groups is 6. The van der Waals surface area contributed by atoms with Crippen molar-refractivity contribution in [3.05, 3.63) is 33.5 Å². The van der Waals surface area contributed by atoms with Gasteiger partial charge in [-0.15, -0.1) is 11.3 Å². The molecule has 35 heavy (non-hydrogen) atoms. The number of aliphatic hydroxyl groups excluding tert-OH is 4. The summed E-state index contributed by atoms with van der Waals surface area (Å²) < 4.78 is 0. The number of hydrogen-bond acceptors (Lipinski definition) is 10. The summed E-state index contributed by atoms with van der Waals surface area (Å²) in [6.45, 7) is 5.25. The molecule has 1 aliphatic carbocycles. The Morgan fingerprint density at radius 1 is 1.23 bits per heavy atom. The highest BCUT2D eigenvalue weighted by Crippen LogP contribution is 2.28. The van der Waals surface area contributed by atoms with Crippen LogP contribution >= 0.6 is 11.3 Å². The Kier molecular flexibility index (Phi) is 10.7. The largest absolute Gasteiger partial charge is 0.513 e. The van der Waals surface area contributed by atoms with E-state index < -0.39 is 48.0 Å². The summed E-state index contributed by atoms with van der Waals surface area (Å²) in [6, 6.07) is 0. The number of allylic oxidation sites excluding steroid dienone is 3. The number of Topliss-reactive ketones (excluding diaryl/α,β-unsaturated/α-hetero) is 2. The predicted octanol–water partition coefficient (Wildman–Crippen LogP) is 2.20. The fraction of sp³-hybridized carbons (Fsp3) is 0.640. The molecule has 2 rings (SSSR count). The molecule has 0 aliphatic heterocycles. The quantitative estimate of drug-likeness (QED) is 0.333. The third-order valence-electron chi connectivity index (χ3n) is 6.53. The Morgan fingerprint density at radius 3 is 2.51 bits per heavy atom. The fourth-order valence-electron chi connectivity index (χ4n) is 4.27. The standard InChI is InChI=1S/C25H37NO8S/c1-4-20-23(31)21(29)7-5-6-18(27)9-8-16(14(2)10-17-13-35-15(3)26-17)11-19(28)12-22(30)25(33,34)24(20)32/h9-10,13,16,20-23,27,29-31,33-34H,4-8,11-12H2,1-3H3/b14-10+,18-9+/t16-,20-,21+,22+,23+/m1/s1. The van der Waals surface area contributed by atoms with E-state index in [1.54, 1.807) is 6.08 Å². The van der Waals surface area contributed by atoms with Gasteiger partial charge in [0, 0.05) is 24.6 Å². The van der Waals surface area contributed by atoms with Crippen LogP contribution in [-0.2, 0) is 9.59 Å². The molecule has 196 valence electrons. The molecule has 0 amide bonds. The third kappa shape index (κ3) is 8.03. The van der Waals surface area contributed by atoms with E-state index in [4.69, 9.17) is 0 Å². The average Bonchev–Trinajstić information content (AvgIpc) is 3.20. The minimum Gasteiger partial charge on any atom is -0.513 e. The lowest BCUT2D eigenvalue weighted by atomic mass is 9.82.